The number of rotatable bonds is 7. The van der Waals surface area contributed by atoms with Gasteiger partial charge in [0, 0.05) is 23.7 Å². The molecule has 0 saturated carbocycles. The zero-order valence-corrected chi connectivity index (χ0v) is 15.5. The van der Waals surface area contributed by atoms with Crippen molar-refractivity contribution >= 4 is 0 Å². The first kappa shape index (κ1) is 19.3. The van der Waals surface area contributed by atoms with E-state index in [4.69, 9.17) is 4.74 Å². The number of pyridine rings is 2. The van der Waals surface area contributed by atoms with Gasteiger partial charge in [0.2, 0.25) is 5.88 Å². The number of ether oxygens (including phenoxy) is 1. The second-order valence-corrected chi connectivity index (χ2v) is 7.03. The monoisotopic (exact) mass is 348 g/mol. The van der Waals surface area contributed by atoms with E-state index in [1.807, 2.05) is 19.9 Å². The molecule has 1 atom stereocenters. The maximum absolute atomic E-state index is 13.5. The zero-order chi connectivity index (χ0) is 18.6. The minimum absolute atomic E-state index is 0.0257. The van der Waals surface area contributed by atoms with E-state index >= 15 is 0 Å². The first-order valence-corrected chi connectivity index (χ1v) is 8.63. The third kappa shape index (κ3) is 4.97. The van der Waals surface area contributed by atoms with Crippen LogP contribution in [0.5, 0.6) is 5.88 Å². The van der Waals surface area contributed by atoms with Crippen LogP contribution in [0.25, 0.3) is 11.1 Å². The van der Waals surface area contributed by atoms with Gasteiger partial charge in [-0.25, -0.2) is 13.8 Å². The summed E-state index contributed by atoms with van der Waals surface area (Å²) in [6.07, 6.45) is 1.62. The Bertz CT molecular complexity index is 717. The number of halogens is 2. The Morgan fingerprint density at radius 2 is 1.84 bits per heavy atom. The third-order valence-corrected chi connectivity index (χ3v) is 4.26. The lowest BCUT2D eigenvalue weighted by Gasteiger charge is -2.17. The Morgan fingerprint density at radius 3 is 2.48 bits per heavy atom. The number of aryl methyl sites for hydroxylation is 1. The standard InChI is InChI=1S/C20H26F2N2O/c1-12(2)8-13(3)11-25-20-18(19(21)22)9-16(10-24-20)17-6-7-23-15(5)14(17)4/h6-7,9-10,12-13,19H,8,11H2,1-5H3. The van der Waals surface area contributed by atoms with E-state index in [-0.39, 0.29) is 17.4 Å². The molecule has 0 fully saturated rings. The van der Waals surface area contributed by atoms with Gasteiger partial charge in [-0.05, 0) is 55.4 Å². The minimum Gasteiger partial charge on any atom is -0.477 e. The van der Waals surface area contributed by atoms with Gasteiger partial charge in [-0.3, -0.25) is 4.98 Å². The highest BCUT2D eigenvalue weighted by molar-refractivity contribution is 5.68. The maximum atomic E-state index is 13.5. The number of hydrogen-bond acceptors (Lipinski definition) is 3. The summed E-state index contributed by atoms with van der Waals surface area (Å²) >= 11 is 0. The molecule has 0 aliphatic carbocycles. The fourth-order valence-corrected chi connectivity index (χ4v) is 2.94. The molecule has 2 heterocycles. The van der Waals surface area contributed by atoms with Crippen LogP contribution in [0.2, 0.25) is 0 Å². The molecule has 0 aliphatic heterocycles. The highest BCUT2D eigenvalue weighted by atomic mass is 19.3. The van der Waals surface area contributed by atoms with Gasteiger partial charge in [0.25, 0.3) is 6.43 Å². The summed E-state index contributed by atoms with van der Waals surface area (Å²) in [5.41, 5.74) is 3.19. The molecule has 2 aromatic heterocycles. The van der Waals surface area contributed by atoms with Gasteiger partial charge >= 0.3 is 0 Å². The van der Waals surface area contributed by atoms with Crippen LogP contribution in [0.1, 0.15) is 50.4 Å². The second-order valence-electron chi connectivity index (χ2n) is 7.03. The molecular weight excluding hydrogens is 322 g/mol. The summed E-state index contributed by atoms with van der Waals surface area (Å²) in [5, 5.41) is 0. The fourth-order valence-electron chi connectivity index (χ4n) is 2.94. The summed E-state index contributed by atoms with van der Waals surface area (Å²) in [5.74, 6) is 0.858. The smallest absolute Gasteiger partial charge is 0.269 e. The van der Waals surface area contributed by atoms with Gasteiger partial charge in [-0.1, -0.05) is 20.8 Å². The summed E-state index contributed by atoms with van der Waals surface area (Å²) in [7, 11) is 0. The summed E-state index contributed by atoms with van der Waals surface area (Å²) < 4.78 is 32.6. The first-order chi connectivity index (χ1) is 11.8. The van der Waals surface area contributed by atoms with E-state index in [1.54, 1.807) is 12.4 Å². The Kier molecular flexibility index (Phi) is 6.45. The van der Waals surface area contributed by atoms with Gasteiger partial charge in [0.1, 0.15) is 0 Å². The van der Waals surface area contributed by atoms with Crippen LogP contribution >= 0.6 is 0 Å². The number of nitrogens with zero attached hydrogens (tertiary/aromatic N) is 2. The summed E-state index contributed by atoms with van der Waals surface area (Å²) in [6, 6.07) is 3.29. The Morgan fingerprint density at radius 1 is 1.12 bits per heavy atom. The molecule has 0 aromatic carbocycles. The first-order valence-electron chi connectivity index (χ1n) is 8.63. The van der Waals surface area contributed by atoms with Gasteiger partial charge in [-0.2, -0.15) is 0 Å². The van der Waals surface area contributed by atoms with Crippen LogP contribution in [-0.2, 0) is 0 Å². The van der Waals surface area contributed by atoms with Crippen molar-refractivity contribution in [3.8, 4) is 17.0 Å². The maximum Gasteiger partial charge on any atom is 0.269 e. The molecule has 0 bridgehead atoms. The van der Waals surface area contributed by atoms with E-state index in [0.29, 0.717) is 18.1 Å². The van der Waals surface area contributed by atoms with E-state index in [1.165, 1.54) is 6.07 Å². The molecule has 25 heavy (non-hydrogen) atoms. The molecule has 2 rings (SSSR count). The molecule has 0 radical (unpaired) electrons. The predicted octanol–water partition coefficient (Wildman–Crippen LogP) is 5.76. The Hall–Kier alpha value is -2.04. The minimum atomic E-state index is -2.63. The van der Waals surface area contributed by atoms with Crippen LogP contribution in [0.4, 0.5) is 8.78 Å². The number of hydrogen-bond donors (Lipinski definition) is 0. The van der Waals surface area contributed by atoms with Crippen molar-refractivity contribution in [3.05, 3.63) is 41.3 Å². The Balaban J connectivity index is 2.27. The van der Waals surface area contributed by atoms with Crippen molar-refractivity contribution in [1.29, 1.82) is 0 Å². The predicted molar refractivity (Wildman–Crippen MR) is 96.0 cm³/mol. The van der Waals surface area contributed by atoms with E-state index in [0.717, 1.165) is 23.2 Å². The van der Waals surface area contributed by atoms with Crippen molar-refractivity contribution < 1.29 is 13.5 Å². The van der Waals surface area contributed by atoms with Crippen LogP contribution in [0, 0.1) is 25.7 Å². The fraction of sp³-hybridized carbons (Fsp3) is 0.500. The van der Waals surface area contributed by atoms with E-state index in [2.05, 4.69) is 30.7 Å². The van der Waals surface area contributed by atoms with E-state index in [9.17, 15) is 8.78 Å². The van der Waals surface area contributed by atoms with Gasteiger partial charge < -0.3 is 4.74 Å². The normalized spacial score (nSPS) is 12.7. The largest absolute Gasteiger partial charge is 0.477 e. The highest BCUT2D eigenvalue weighted by Crippen LogP contribution is 2.33. The lowest BCUT2D eigenvalue weighted by atomic mass is 10.00. The number of aromatic nitrogens is 2. The van der Waals surface area contributed by atoms with Crippen LogP contribution in [0.15, 0.2) is 24.5 Å². The van der Waals surface area contributed by atoms with Crippen LogP contribution in [-0.4, -0.2) is 16.6 Å². The molecule has 0 aliphatic rings. The van der Waals surface area contributed by atoms with Crippen LogP contribution < -0.4 is 4.74 Å². The quantitative estimate of drug-likeness (QED) is 0.638. The Labute approximate surface area is 148 Å². The lowest BCUT2D eigenvalue weighted by molar-refractivity contribution is 0.140. The molecule has 0 saturated heterocycles. The molecule has 0 amide bonds. The highest BCUT2D eigenvalue weighted by Gasteiger charge is 2.19. The van der Waals surface area contributed by atoms with Crippen LogP contribution in [0.3, 0.4) is 0 Å². The van der Waals surface area contributed by atoms with Gasteiger partial charge in [0.15, 0.2) is 0 Å². The van der Waals surface area contributed by atoms with Gasteiger partial charge in [-0.15, -0.1) is 0 Å². The molecule has 1 unspecified atom stereocenters. The van der Waals surface area contributed by atoms with Gasteiger partial charge in [0.05, 0.1) is 12.2 Å². The molecule has 5 heteroatoms. The van der Waals surface area contributed by atoms with Crippen molar-refractivity contribution in [1.82, 2.24) is 9.97 Å². The molecule has 136 valence electrons. The zero-order valence-electron chi connectivity index (χ0n) is 15.5. The van der Waals surface area contributed by atoms with Crippen molar-refractivity contribution in [2.75, 3.05) is 6.61 Å². The molecular formula is C20H26F2N2O. The van der Waals surface area contributed by atoms with Crippen molar-refractivity contribution in [2.24, 2.45) is 11.8 Å². The average molecular weight is 348 g/mol. The average Bonchev–Trinajstić information content (AvgIpc) is 2.54. The molecule has 0 N–H and O–H groups in total. The second kappa shape index (κ2) is 8.37. The third-order valence-electron chi connectivity index (χ3n) is 4.26. The number of alkyl halides is 2. The van der Waals surface area contributed by atoms with Crippen molar-refractivity contribution in [3.63, 3.8) is 0 Å². The molecule has 2 aromatic rings. The lowest BCUT2D eigenvalue weighted by Crippen LogP contribution is -2.12. The molecule has 0 spiro atoms. The van der Waals surface area contributed by atoms with E-state index < -0.39 is 6.43 Å². The summed E-state index contributed by atoms with van der Waals surface area (Å²) in [4.78, 5) is 8.39. The SMILES string of the molecule is Cc1nccc(-c2cnc(OCC(C)CC(C)C)c(C(F)F)c2)c1C. The topological polar surface area (TPSA) is 35.0 Å². The van der Waals surface area contributed by atoms with Crippen molar-refractivity contribution in [2.45, 2.75) is 47.5 Å². The molecule has 3 nitrogen and oxygen atoms in total. The summed E-state index contributed by atoms with van der Waals surface area (Å²) in [6.45, 7) is 10.5.